The van der Waals surface area contributed by atoms with Gasteiger partial charge in [-0.2, -0.15) is 0 Å². The summed E-state index contributed by atoms with van der Waals surface area (Å²) in [7, 11) is 0. The first-order valence-electron chi connectivity index (χ1n) is 4.58. The third-order valence-corrected chi connectivity index (χ3v) is 2.29. The molecule has 1 amide bonds. The predicted molar refractivity (Wildman–Crippen MR) is 54.8 cm³/mol. The molecule has 0 radical (unpaired) electrons. The van der Waals surface area contributed by atoms with Gasteiger partial charge < -0.3 is 5.32 Å². The molecule has 1 rings (SSSR count). The van der Waals surface area contributed by atoms with Crippen LogP contribution in [0.15, 0.2) is 24.3 Å². The fourth-order valence-corrected chi connectivity index (χ4v) is 1.24. The molecule has 0 saturated heterocycles. The maximum Gasteiger partial charge on any atom is 0.211 e. The summed E-state index contributed by atoms with van der Waals surface area (Å²) < 4.78 is 0. The molecular weight excluding hydrogens is 162 g/mol. The minimum Gasteiger partial charge on any atom is -0.329 e. The zero-order valence-corrected chi connectivity index (χ0v) is 8.08. The van der Waals surface area contributed by atoms with Gasteiger partial charge in [0.25, 0.3) is 0 Å². The lowest BCUT2D eigenvalue weighted by molar-refractivity contribution is -0.105. The standard InChI is InChI=1S/C11H15NO/c1-3-9(2)10-5-4-6-11(7-10)12-8-13/h4-9H,3H2,1-2H3,(H,12,13). The predicted octanol–water partition coefficient (Wildman–Crippen LogP) is 2.77. The van der Waals surface area contributed by atoms with E-state index in [0.29, 0.717) is 12.3 Å². The summed E-state index contributed by atoms with van der Waals surface area (Å²) >= 11 is 0. The molecule has 1 aromatic carbocycles. The van der Waals surface area contributed by atoms with Gasteiger partial charge in [0, 0.05) is 5.69 Å². The highest BCUT2D eigenvalue weighted by molar-refractivity contribution is 5.71. The van der Waals surface area contributed by atoms with Crippen LogP contribution in [0.1, 0.15) is 31.7 Å². The number of hydrogen-bond donors (Lipinski definition) is 1. The molecule has 1 aromatic rings. The molecule has 2 nitrogen and oxygen atoms in total. The van der Waals surface area contributed by atoms with Crippen LogP contribution in [0.25, 0.3) is 0 Å². The molecule has 0 fully saturated rings. The zero-order valence-electron chi connectivity index (χ0n) is 8.08. The maximum atomic E-state index is 10.2. The molecular formula is C11H15NO. The van der Waals surface area contributed by atoms with Crippen molar-refractivity contribution >= 4 is 12.1 Å². The first kappa shape index (κ1) is 9.78. The van der Waals surface area contributed by atoms with E-state index < -0.39 is 0 Å². The summed E-state index contributed by atoms with van der Waals surface area (Å²) in [4.78, 5) is 10.2. The molecule has 0 saturated carbocycles. The Labute approximate surface area is 79.0 Å². The first-order valence-corrected chi connectivity index (χ1v) is 4.58. The number of amides is 1. The molecule has 2 heteroatoms. The van der Waals surface area contributed by atoms with E-state index in [2.05, 4.69) is 25.2 Å². The van der Waals surface area contributed by atoms with Gasteiger partial charge in [-0.3, -0.25) is 4.79 Å². The number of hydrogen-bond acceptors (Lipinski definition) is 1. The normalized spacial score (nSPS) is 12.2. The lowest BCUT2D eigenvalue weighted by Crippen LogP contribution is -1.96. The van der Waals surface area contributed by atoms with E-state index in [9.17, 15) is 4.79 Å². The number of benzene rings is 1. The van der Waals surface area contributed by atoms with E-state index in [1.807, 2.05) is 18.2 Å². The Bertz CT molecular complexity index is 283. The molecule has 0 spiro atoms. The van der Waals surface area contributed by atoms with Gasteiger partial charge in [0.1, 0.15) is 0 Å². The third kappa shape index (κ3) is 2.58. The van der Waals surface area contributed by atoms with Gasteiger partial charge >= 0.3 is 0 Å². The van der Waals surface area contributed by atoms with Crippen LogP contribution in [0.3, 0.4) is 0 Å². The fraction of sp³-hybridized carbons (Fsp3) is 0.364. The Balaban J connectivity index is 2.84. The summed E-state index contributed by atoms with van der Waals surface area (Å²) in [5, 5.41) is 2.65. The molecule has 0 aliphatic carbocycles. The summed E-state index contributed by atoms with van der Waals surface area (Å²) in [6.45, 7) is 4.34. The summed E-state index contributed by atoms with van der Waals surface area (Å²) in [5.74, 6) is 0.549. The molecule has 0 aliphatic heterocycles. The molecule has 0 aromatic heterocycles. The highest BCUT2D eigenvalue weighted by Gasteiger charge is 2.02. The lowest BCUT2D eigenvalue weighted by atomic mass is 9.98. The SMILES string of the molecule is CCC(C)c1cccc(NC=O)c1. The topological polar surface area (TPSA) is 29.1 Å². The van der Waals surface area contributed by atoms with E-state index in [1.54, 1.807) is 0 Å². The van der Waals surface area contributed by atoms with Crippen molar-refractivity contribution in [3.05, 3.63) is 29.8 Å². The number of carbonyl (C=O) groups is 1. The number of nitrogens with one attached hydrogen (secondary N) is 1. The Morgan fingerprint density at radius 2 is 2.31 bits per heavy atom. The molecule has 0 heterocycles. The van der Waals surface area contributed by atoms with E-state index >= 15 is 0 Å². The monoisotopic (exact) mass is 177 g/mol. The van der Waals surface area contributed by atoms with E-state index in [4.69, 9.17) is 0 Å². The number of rotatable bonds is 4. The summed E-state index contributed by atoms with van der Waals surface area (Å²) in [6.07, 6.45) is 1.82. The van der Waals surface area contributed by atoms with Gasteiger partial charge in [-0.25, -0.2) is 0 Å². The van der Waals surface area contributed by atoms with Crippen molar-refractivity contribution in [3.63, 3.8) is 0 Å². The molecule has 13 heavy (non-hydrogen) atoms. The summed E-state index contributed by atoms with van der Waals surface area (Å²) in [5.41, 5.74) is 2.14. The average molecular weight is 177 g/mol. The Kier molecular flexibility index (Phi) is 3.50. The highest BCUT2D eigenvalue weighted by Crippen LogP contribution is 2.21. The number of anilines is 1. The van der Waals surface area contributed by atoms with E-state index in [1.165, 1.54) is 5.56 Å². The Morgan fingerprint density at radius 3 is 2.92 bits per heavy atom. The van der Waals surface area contributed by atoms with Crippen LogP contribution in [0.4, 0.5) is 5.69 Å². The second-order valence-corrected chi connectivity index (χ2v) is 3.20. The van der Waals surface area contributed by atoms with Gasteiger partial charge in [0.2, 0.25) is 6.41 Å². The van der Waals surface area contributed by atoms with Crippen molar-refractivity contribution in [1.29, 1.82) is 0 Å². The quantitative estimate of drug-likeness (QED) is 0.704. The van der Waals surface area contributed by atoms with Crippen molar-refractivity contribution in [2.24, 2.45) is 0 Å². The molecule has 0 bridgehead atoms. The van der Waals surface area contributed by atoms with Crippen LogP contribution in [-0.4, -0.2) is 6.41 Å². The first-order chi connectivity index (χ1) is 6.27. The maximum absolute atomic E-state index is 10.2. The van der Waals surface area contributed by atoms with Crippen molar-refractivity contribution < 1.29 is 4.79 Å². The summed E-state index contributed by atoms with van der Waals surface area (Å²) in [6, 6.07) is 7.96. The lowest BCUT2D eigenvalue weighted by Gasteiger charge is -2.09. The fourth-order valence-electron chi connectivity index (χ4n) is 1.24. The van der Waals surface area contributed by atoms with Crippen LogP contribution in [0, 0.1) is 0 Å². The second-order valence-electron chi connectivity index (χ2n) is 3.20. The van der Waals surface area contributed by atoms with Gasteiger partial charge in [-0.1, -0.05) is 26.0 Å². The Hall–Kier alpha value is -1.31. The molecule has 1 N–H and O–H groups in total. The van der Waals surface area contributed by atoms with E-state index in [0.717, 1.165) is 12.1 Å². The molecule has 0 aliphatic rings. The van der Waals surface area contributed by atoms with E-state index in [-0.39, 0.29) is 0 Å². The van der Waals surface area contributed by atoms with Crippen LogP contribution in [-0.2, 0) is 4.79 Å². The third-order valence-electron chi connectivity index (χ3n) is 2.29. The number of carbonyl (C=O) groups excluding carboxylic acids is 1. The van der Waals surface area contributed by atoms with Crippen molar-refractivity contribution in [2.45, 2.75) is 26.2 Å². The largest absolute Gasteiger partial charge is 0.329 e. The zero-order chi connectivity index (χ0) is 9.68. The molecule has 70 valence electrons. The van der Waals surface area contributed by atoms with Gasteiger partial charge in [0.05, 0.1) is 0 Å². The van der Waals surface area contributed by atoms with Crippen LogP contribution < -0.4 is 5.32 Å². The van der Waals surface area contributed by atoms with Crippen molar-refractivity contribution in [1.82, 2.24) is 0 Å². The van der Waals surface area contributed by atoms with Gasteiger partial charge in [-0.05, 0) is 30.0 Å². The van der Waals surface area contributed by atoms with Crippen LogP contribution in [0.5, 0.6) is 0 Å². The van der Waals surface area contributed by atoms with Gasteiger partial charge in [-0.15, -0.1) is 0 Å². The second kappa shape index (κ2) is 4.65. The smallest absolute Gasteiger partial charge is 0.211 e. The van der Waals surface area contributed by atoms with Crippen molar-refractivity contribution in [3.8, 4) is 0 Å². The molecule has 1 atom stereocenters. The Morgan fingerprint density at radius 1 is 1.54 bits per heavy atom. The average Bonchev–Trinajstić information content (AvgIpc) is 2.18. The van der Waals surface area contributed by atoms with Crippen molar-refractivity contribution in [2.75, 3.05) is 5.32 Å². The molecule has 1 unspecified atom stereocenters. The van der Waals surface area contributed by atoms with Crippen LogP contribution in [0.2, 0.25) is 0 Å². The van der Waals surface area contributed by atoms with Crippen LogP contribution >= 0.6 is 0 Å². The minimum absolute atomic E-state index is 0.549. The minimum atomic E-state index is 0.549. The highest BCUT2D eigenvalue weighted by atomic mass is 16.1. The van der Waals surface area contributed by atoms with Gasteiger partial charge in [0.15, 0.2) is 0 Å².